The zero-order valence-electron chi connectivity index (χ0n) is 6.31. The molecule has 0 atom stereocenters. The molecular formula is C6H8N6. The first kappa shape index (κ1) is 6.84. The topological polar surface area (TPSA) is 85.4 Å². The summed E-state index contributed by atoms with van der Waals surface area (Å²) in [5, 5.41) is 10.4. The molecule has 0 fully saturated rings. The van der Waals surface area contributed by atoms with Crippen molar-refractivity contribution in [2.45, 2.75) is 6.54 Å². The number of nitrogens with zero attached hydrogens (tertiary/aromatic N) is 4. The van der Waals surface area contributed by atoms with Crippen molar-refractivity contribution in [3.63, 3.8) is 0 Å². The summed E-state index contributed by atoms with van der Waals surface area (Å²) in [4.78, 5) is 3.94. The fourth-order valence-corrected chi connectivity index (χ4v) is 0.928. The molecule has 2 heterocycles. The average Bonchev–Trinajstić information content (AvgIpc) is 2.63. The van der Waals surface area contributed by atoms with Gasteiger partial charge < -0.3 is 5.73 Å². The van der Waals surface area contributed by atoms with Crippen molar-refractivity contribution in [1.29, 1.82) is 0 Å². The molecule has 0 spiro atoms. The average molecular weight is 164 g/mol. The van der Waals surface area contributed by atoms with Gasteiger partial charge >= 0.3 is 0 Å². The van der Waals surface area contributed by atoms with Crippen LogP contribution in [0.15, 0.2) is 18.5 Å². The third-order valence-electron chi connectivity index (χ3n) is 1.42. The number of hydrogen-bond donors (Lipinski definition) is 2. The summed E-state index contributed by atoms with van der Waals surface area (Å²) in [7, 11) is 0. The van der Waals surface area contributed by atoms with E-state index in [0.717, 1.165) is 0 Å². The number of aromatic nitrogens is 5. The minimum absolute atomic E-state index is 0.261. The molecular weight excluding hydrogens is 156 g/mol. The summed E-state index contributed by atoms with van der Waals surface area (Å²) >= 11 is 0. The Labute approximate surface area is 68.4 Å². The smallest absolute Gasteiger partial charge is 0.239 e. The van der Waals surface area contributed by atoms with Gasteiger partial charge in [0.25, 0.3) is 0 Å². The van der Waals surface area contributed by atoms with Crippen LogP contribution in [-0.4, -0.2) is 25.0 Å². The number of aromatic amines is 1. The first-order chi connectivity index (χ1) is 5.84. The van der Waals surface area contributed by atoms with Crippen molar-refractivity contribution < 1.29 is 0 Å². The monoisotopic (exact) mass is 164 g/mol. The zero-order valence-corrected chi connectivity index (χ0v) is 6.31. The molecule has 12 heavy (non-hydrogen) atoms. The first-order valence-corrected chi connectivity index (χ1v) is 3.49. The van der Waals surface area contributed by atoms with E-state index in [2.05, 4.69) is 20.3 Å². The number of anilines is 1. The molecule has 0 radical (unpaired) electrons. The summed E-state index contributed by atoms with van der Waals surface area (Å²) in [5.74, 6) is 0.966. The van der Waals surface area contributed by atoms with Crippen molar-refractivity contribution in [2.75, 3.05) is 5.73 Å². The molecule has 62 valence electrons. The highest BCUT2D eigenvalue weighted by Crippen LogP contribution is 1.95. The Morgan fingerprint density at radius 2 is 2.50 bits per heavy atom. The van der Waals surface area contributed by atoms with E-state index in [9.17, 15) is 0 Å². The maximum atomic E-state index is 5.32. The normalized spacial score (nSPS) is 10.3. The van der Waals surface area contributed by atoms with Crippen LogP contribution in [0.4, 0.5) is 5.95 Å². The van der Waals surface area contributed by atoms with Gasteiger partial charge in [0.1, 0.15) is 12.4 Å². The van der Waals surface area contributed by atoms with Gasteiger partial charge in [-0.2, -0.15) is 10.1 Å². The van der Waals surface area contributed by atoms with E-state index in [4.69, 9.17) is 5.73 Å². The van der Waals surface area contributed by atoms with Crippen molar-refractivity contribution in [3.8, 4) is 0 Å². The van der Waals surface area contributed by atoms with Gasteiger partial charge in [0.15, 0.2) is 0 Å². The predicted octanol–water partition coefficient (Wildman–Crippen LogP) is -0.368. The van der Waals surface area contributed by atoms with Crippen LogP contribution in [0.5, 0.6) is 0 Å². The lowest BCUT2D eigenvalue weighted by molar-refractivity contribution is 0.657. The van der Waals surface area contributed by atoms with Crippen LogP contribution in [0, 0.1) is 0 Å². The molecule has 2 aromatic heterocycles. The number of nitrogens with one attached hydrogen (secondary N) is 1. The van der Waals surface area contributed by atoms with Gasteiger partial charge in [-0.1, -0.05) is 0 Å². The third kappa shape index (κ3) is 1.26. The first-order valence-electron chi connectivity index (χ1n) is 3.49. The van der Waals surface area contributed by atoms with Gasteiger partial charge in [-0.25, -0.2) is 0 Å². The molecule has 0 aliphatic rings. The minimum Gasteiger partial charge on any atom is -0.367 e. The molecule has 0 bridgehead atoms. The highest BCUT2D eigenvalue weighted by Gasteiger charge is 1.99. The number of H-pyrrole nitrogens is 1. The van der Waals surface area contributed by atoms with Crippen LogP contribution < -0.4 is 5.73 Å². The van der Waals surface area contributed by atoms with Crippen LogP contribution in [0.25, 0.3) is 0 Å². The lowest BCUT2D eigenvalue weighted by Crippen LogP contribution is -2.01. The quantitative estimate of drug-likeness (QED) is 0.634. The lowest BCUT2D eigenvalue weighted by Gasteiger charge is -1.94. The third-order valence-corrected chi connectivity index (χ3v) is 1.42. The molecule has 6 nitrogen and oxygen atoms in total. The van der Waals surface area contributed by atoms with E-state index >= 15 is 0 Å². The highest BCUT2D eigenvalue weighted by molar-refractivity contribution is 5.12. The van der Waals surface area contributed by atoms with E-state index in [1.165, 1.54) is 0 Å². The van der Waals surface area contributed by atoms with Gasteiger partial charge in [-0.05, 0) is 6.07 Å². The Balaban J connectivity index is 2.14. The zero-order chi connectivity index (χ0) is 8.39. The fraction of sp³-hybridized carbons (Fsp3) is 0.167. The molecule has 2 aromatic rings. The van der Waals surface area contributed by atoms with Gasteiger partial charge in [0.05, 0.1) is 0 Å². The summed E-state index contributed by atoms with van der Waals surface area (Å²) in [6.07, 6.45) is 3.55. The van der Waals surface area contributed by atoms with E-state index in [-0.39, 0.29) is 5.95 Å². The standard InChI is InChI=1S/C6H8N6/c7-6-9-5(10-11-6)4-12-3-1-2-8-12/h1-3H,4H2,(H3,7,9,10,11). The number of rotatable bonds is 2. The van der Waals surface area contributed by atoms with E-state index in [1.807, 2.05) is 12.3 Å². The van der Waals surface area contributed by atoms with Gasteiger partial charge in [0, 0.05) is 12.4 Å². The van der Waals surface area contributed by atoms with Crippen LogP contribution >= 0.6 is 0 Å². The largest absolute Gasteiger partial charge is 0.367 e. The van der Waals surface area contributed by atoms with Crippen LogP contribution in [0.2, 0.25) is 0 Å². The minimum atomic E-state index is 0.261. The van der Waals surface area contributed by atoms with Gasteiger partial charge in [-0.15, -0.1) is 5.10 Å². The molecule has 0 unspecified atom stereocenters. The molecule has 2 rings (SSSR count). The van der Waals surface area contributed by atoms with Crippen LogP contribution in [-0.2, 0) is 6.54 Å². The Kier molecular flexibility index (Phi) is 1.51. The molecule has 0 amide bonds. The molecule has 0 saturated carbocycles. The Hall–Kier alpha value is -1.85. The molecule has 0 saturated heterocycles. The van der Waals surface area contributed by atoms with Crippen LogP contribution in [0.1, 0.15) is 5.82 Å². The predicted molar refractivity (Wildman–Crippen MR) is 42.1 cm³/mol. The molecule has 6 heteroatoms. The Bertz CT molecular complexity index is 348. The molecule has 0 aliphatic heterocycles. The molecule has 0 aromatic carbocycles. The SMILES string of the molecule is Nc1n[nH]c(Cn2cccn2)n1. The maximum absolute atomic E-state index is 5.32. The second-order valence-corrected chi connectivity index (χ2v) is 2.34. The number of nitrogens with two attached hydrogens (primary N) is 1. The lowest BCUT2D eigenvalue weighted by atomic mass is 10.6. The molecule has 3 N–H and O–H groups in total. The highest BCUT2D eigenvalue weighted by atomic mass is 15.3. The Morgan fingerprint density at radius 3 is 3.08 bits per heavy atom. The van der Waals surface area contributed by atoms with Crippen LogP contribution in [0.3, 0.4) is 0 Å². The number of hydrogen-bond acceptors (Lipinski definition) is 4. The molecule has 0 aliphatic carbocycles. The van der Waals surface area contributed by atoms with Crippen molar-refractivity contribution in [2.24, 2.45) is 0 Å². The summed E-state index contributed by atoms with van der Waals surface area (Å²) in [6.45, 7) is 0.567. The fourth-order valence-electron chi connectivity index (χ4n) is 0.928. The van der Waals surface area contributed by atoms with Crippen molar-refractivity contribution in [3.05, 3.63) is 24.3 Å². The second-order valence-electron chi connectivity index (χ2n) is 2.34. The summed E-state index contributed by atoms with van der Waals surface area (Å²) in [6, 6.07) is 1.85. The van der Waals surface area contributed by atoms with Gasteiger partial charge in [0.2, 0.25) is 5.95 Å². The van der Waals surface area contributed by atoms with E-state index in [1.54, 1.807) is 10.9 Å². The Morgan fingerprint density at radius 1 is 1.58 bits per heavy atom. The maximum Gasteiger partial charge on any atom is 0.239 e. The van der Waals surface area contributed by atoms with Gasteiger partial charge in [-0.3, -0.25) is 9.78 Å². The number of nitrogen functional groups attached to an aromatic ring is 1. The summed E-state index contributed by atoms with van der Waals surface area (Å²) < 4.78 is 1.74. The van der Waals surface area contributed by atoms with Crippen molar-refractivity contribution >= 4 is 5.95 Å². The van der Waals surface area contributed by atoms with Crippen molar-refractivity contribution in [1.82, 2.24) is 25.0 Å². The van der Waals surface area contributed by atoms with E-state index < -0.39 is 0 Å². The summed E-state index contributed by atoms with van der Waals surface area (Å²) in [5.41, 5.74) is 5.32. The van der Waals surface area contributed by atoms with E-state index in [0.29, 0.717) is 12.4 Å². The second kappa shape index (κ2) is 2.65.